The summed E-state index contributed by atoms with van der Waals surface area (Å²) in [6.07, 6.45) is 0. The molecule has 9 heteroatoms. The van der Waals surface area contributed by atoms with Crippen molar-refractivity contribution in [3.8, 4) is 5.75 Å². The fraction of sp³-hybridized carbons (Fsp3) is 0.350. The minimum absolute atomic E-state index is 0.101. The Morgan fingerprint density at radius 1 is 1.07 bits per heavy atom. The van der Waals surface area contributed by atoms with Crippen LogP contribution in [0.15, 0.2) is 53.4 Å². The molecule has 2 aromatic carbocycles. The number of carbonyl (C=O) groups is 1. The van der Waals surface area contributed by atoms with Crippen LogP contribution in [0.4, 0.5) is 0 Å². The van der Waals surface area contributed by atoms with E-state index in [1.54, 1.807) is 0 Å². The first-order valence-electron chi connectivity index (χ1n) is 9.16. The molecule has 1 saturated heterocycles. The molecule has 1 aliphatic heterocycles. The Balaban J connectivity index is 1.62. The summed E-state index contributed by atoms with van der Waals surface area (Å²) in [5.74, 6) is -0.324. The summed E-state index contributed by atoms with van der Waals surface area (Å²) in [7, 11) is -2.41. The van der Waals surface area contributed by atoms with Crippen LogP contribution in [0, 0.1) is 0 Å². The molecule has 0 unspecified atom stereocenters. The molecule has 2 aromatic rings. The molecule has 0 saturated carbocycles. The minimum Gasteiger partial charge on any atom is -0.480 e. The molecule has 1 heterocycles. The molecule has 156 valence electrons. The predicted octanol–water partition coefficient (Wildman–Crippen LogP) is 2.40. The van der Waals surface area contributed by atoms with Gasteiger partial charge in [-0.1, -0.05) is 41.9 Å². The number of ether oxygens (including phenoxy) is 2. The Kier molecular flexibility index (Phi) is 7.13. The standard InChI is InChI=1S/C20H23ClN2O5S/c1-27-20(24)15-28-19-8-7-17(13-18(19)21)29(25,26)23-11-9-22(10-12-23)14-16-5-3-2-4-6-16/h2-8,13H,9-12,14-15H2,1H3. The lowest BCUT2D eigenvalue weighted by molar-refractivity contribution is -0.142. The first kappa shape index (κ1) is 21.6. The molecule has 7 nitrogen and oxygen atoms in total. The van der Waals surface area contributed by atoms with Gasteiger partial charge in [0.05, 0.1) is 17.0 Å². The highest BCUT2D eigenvalue weighted by Gasteiger charge is 2.29. The van der Waals surface area contributed by atoms with Gasteiger partial charge in [-0.05, 0) is 23.8 Å². The molecule has 1 aliphatic rings. The summed E-state index contributed by atoms with van der Waals surface area (Å²) in [5, 5.41) is 0.123. The van der Waals surface area contributed by atoms with Crippen molar-refractivity contribution in [3.05, 3.63) is 59.1 Å². The van der Waals surface area contributed by atoms with Crippen molar-refractivity contribution in [2.45, 2.75) is 11.4 Å². The van der Waals surface area contributed by atoms with Crippen LogP contribution in [0.3, 0.4) is 0 Å². The number of carbonyl (C=O) groups excluding carboxylic acids is 1. The van der Waals surface area contributed by atoms with Crippen LogP contribution in [-0.2, 0) is 26.1 Å². The third kappa shape index (κ3) is 5.48. The highest BCUT2D eigenvalue weighted by molar-refractivity contribution is 7.89. The fourth-order valence-electron chi connectivity index (χ4n) is 3.07. The van der Waals surface area contributed by atoms with Gasteiger partial charge in [0.15, 0.2) is 6.61 Å². The van der Waals surface area contributed by atoms with E-state index in [-0.39, 0.29) is 22.3 Å². The number of sulfonamides is 1. The monoisotopic (exact) mass is 438 g/mol. The zero-order valence-corrected chi connectivity index (χ0v) is 17.7. The van der Waals surface area contributed by atoms with Gasteiger partial charge in [-0.25, -0.2) is 13.2 Å². The van der Waals surface area contributed by atoms with Crippen molar-refractivity contribution in [2.75, 3.05) is 39.9 Å². The molecule has 29 heavy (non-hydrogen) atoms. The highest BCUT2D eigenvalue weighted by atomic mass is 35.5. The molecule has 0 bridgehead atoms. The van der Waals surface area contributed by atoms with Gasteiger partial charge in [-0.15, -0.1) is 0 Å². The zero-order chi connectivity index (χ0) is 20.9. The second-order valence-electron chi connectivity index (χ2n) is 6.62. The molecule has 0 N–H and O–H groups in total. The summed E-state index contributed by atoms with van der Waals surface area (Å²) in [4.78, 5) is 13.5. The lowest BCUT2D eigenvalue weighted by Gasteiger charge is -2.34. The summed E-state index contributed by atoms with van der Waals surface area (Å²) in [6.45, 7) is 2.63. The maximum atomic E-state index is 13.0. The molecule has 0 aromatic heterocycles. The van der Waals surface area contributed by atoms with Crippen molar-refractivity contribution in [3.63, 3.8) is 0 Å². The number of piperazine rings is 1. The van der Waals surface area contributed by atoms with E-state index in [0.29, 0.717) is 26.2 Å². The number of rotatable bonds is 7. The number of methoxy groups -OCH3 is 1. The largest absolute Gasteiger partial charge is 0.480 e. The Hall–Kier alpha value is -2.13. The van der Waals surface area contributed by atoms with Gasteiger partial charge in [0, 0.05) is 32.7 Å². The maximum Gasteiger partial charge on any atom is 0.343 e. The quantitative estimate of drug-likeness (QED) is 0.618. The van der Waals surface area contributed by atoms with E-state index in [4.69, 9.17) is 16.3 Å². The lowest BCUT2D eigenvalue weighted by atomic mass is 10.2. The van der Waals surface area contributed by atoms with Gasteiger partial charge < -0.3 is 9.47 Å². The third-order valence-corrected chi connectivity index (χ3v) is 6.88. The number of esters is 1. The van der Waals surface area contributed by atoms with Crippen molar-refractivity contribution < 1.29 is 22.7 Å². The first-order chi connectivity index (χ1) is 13.9. The molecule has 0 aliphatic carbocycles. The van der Waals surface area contributed by atoms with Gasteiger partial charge >= 0.3 is 5.97 Å². The summed E-state index contributed by atoms with van der Waals surface area (Å²) < 4.78 is 37.1. The summed E-state index contributed by atoms with van der Waals surface area (Å²) in [6, 6.07) is 14.3. The Morgan fingerprint density at radius 3 is 2.38 bits per heavy atom. The van der Waals surface area contributed by atoms with Gasteiger partial charge in [-0.2, -0.15) is 4.31 Å². The van der Waals surface area contributed by atoms with Gasteiger partial charge in [0.25, 0.3) is 0 Å². The van der Waals surface area contributed by atoms with E-state index in [0.717, 1.165) is 6.54 Å². The van der Waals surface area contributed by atoms with Crippen LogP contribution in [0.5, 0.6) is 5.75 Å². The molecular formula is C20H23ClN2O5S. The number of nitrogens with zero attached hydrogens (tertiary/aromatic N) is 2. The zero-order valence-electron chi connectivity index (χ0n) is 16.1. The van der Waals surface area contributed by atoms with Crippen molar-refractivity contribution in [1.82, 2.24) is 9.21 Å². The second-order valence-corrected chi connectivity index (χ2v) is 8.97. The normalized spacial score (nSPS) is 15.8. The molecule has 0 atom stereocenters. The van der Waals surface area contributed by atoms with Gasteiger partial charge in [-0.3, -0.25) is 4.90 Å². The molecule has 0 amide bonds. The molecule has 0 radical (unpaired) electrons. The van der Waals surface area contributed by atoms with Crippen LogP contribution in [0.2, 0.25) is 5.02 Å². The molecular weight excluding hydrogens is 416 g/mol. The van der Waals surface area contributed by atoms with Crippen LogP contribution >= 0.6 is 11.6 Å². The van der Waals surface area contributed by atoms with E-state index in [1.165, 1.54) is 35.2 Å². The van der Waals surface area contributed by atoms with E-state index in [2.05, 4.69) is 21.8 Å². The minimum atomic E-state index is -3.66. The lowest BCUT2D eigenvalue weighted by Crippen LogP contribution is -2.48. The first-order valence-corrected chi connectivity index (χ1v) is 11.0. The number of hydrogen-bond donors (Lipinski definition) is 0. The third-order valence-electron chi connectivity index (χ3n) is 4.69. The Morgan fingerprint density at radius 2 is 1.76 bits per heavy atom. The average molecular weight is 439 g/mol. The van der Waals surface area contributed by atoms with Gasteiger partial charge in [0.2, 0.25) is 10.0 Å². The van der Waals surface area contributed by atoms with E-state index in [9.17, 15) is 13.2 Å². The van der Waals surface area contributed by atoms with Crippen molar-refractivity contribution >= 4 is 27.6 Å². The Bertz CT molecular complexity index is 945. The summed E-state index contributed by atoms with van der Waals surface area (Å²) >= 11 is 6.15. The SMILES string of the molecule is COC(=O)COc1ccc(S(=O)(=O)N2CCN(Cc3ccccc3)CC2)cc1Cl. The summed E-state index contributed by atoms with van der Waals surface area (Å²) in [5.41, 5.74) is 1.21. The van der Waals surface area contributed by atoms with Crippen molar-refractivity contribution in [1.29, 1.82) is 0 Å². The van der Waals surface area contributed by atoms with Crippen LogP contribution < -0.4 is 4.74 Å². The van der Waals surface area contributed by atoms with Crippen molar-refractivity contribution in [2.24, 2.45) is 0 Å². The van der Waals surface area contributed by atoms with Crippen LogP contribution in [0.25, 0.3) is 0 Å². The smallest absolute Gasteiger partial charge is 0.343 e. The van der Waals surface area contributed by atoms with E-state index >= 15 is 0 Å². The topological polar surface area (TPSA) is 76.1 Å². The maximum absolute atomic E-state index is 13.0. The number of halogens is 1. The fourth-order valence-corrected chi connectivity index (χ4v) is 4.82. The predicted molar refractivity (Wildman–Crippen MR) is 109 cm³/mol. The molecule has 1 fully saturated rings. The number of hydrogen-bond acceptors (Lipinski definition) is 6. The highest BCUT2D eigenvalue weighted by Crippen LogP contribution is 2.29. The second kappa shape index (κ2) is 9.58. The van der Waals surface area contributed by atoms with Gasteiger partial charge in [0.1, 0.15) is 5.75 Å². The van der Waals surface area contributed by atoms with Crippen LogP contribution in [-0.4, -0.2) is 63.5 Å². The van der Waals surface area contributed by atoms with Crippen LogP contribution in [0.1, 0.15) is 5.56 Å². The van der Waals surface area contributed by atoms with E-state index < -0.39 is 16.0 Å². The molecule has 0 spiro atoms. The van der Waals surface area contributed by atoms with E-state index in [1.807, 2.05) is 18.2 Å². The average Bonchev–Trinajstić information content (AvgIpc) is 2.73. The Labute approximate surface area is 175 Å². The molecule has 3 rings (SSSR count). The number of benzene rings is 2.